The van der Waals surface area contributed by atoms with E-state index in [-0.39, 0.29) is 10.0 Å². The van der Waals surface area contributed by atoms with Gasteiger partial charge < -0.3 is 5.32 Å². The molecule has 0 fully saturated rings. The van der Waals surface area contributed by atoms with E-state index in [0.717, 1.165) is 12.1 Å². The normalized spacial score (nSPS) is 10.4. The molecule has 2 rings (SSSR count). The summed E-state index contributed by atoms with van der Waals surface area (Å²) >= 11 is 8.78. The van der Waals surface area contributed by atoms with Crippen LogP contribution in [0, 0.1) is 18.6 Å². The van der Waals surface area contributed by atoms with Gasteiger partial charge in [-0.3, -0.25) is 4.79 Å². The van der Waals surface area contributed by atoms with Gasteiger partial charge in [-0.25, -0.2) is 8.78 Å². The quantitative estimate of drug-likeness (QED) is 0.807. The lowest BCUT2D eigenvalue weighted by Crippen LogP contribution is -2.15. The van der Waals surface area contributed by atoms with Crippen molar-refractivity contribution in [1.29, 1.82) is 0 Å². The molecule has 0 heterocycles. The lowest BCUT2D eigenvalue weighted by molar-refractivity contribution is 0.102. The standard InChI is InChI=1S/C14H9BrClF2NO/c1-7-2-3-9(16)6-10(7)14(20)19-13-11(17)4-8(15)5-12(13)18/h2-6H,1H3,(H,19,20). The van der Waals surface area contributed by atoms with Crippen molar-refractivity contribution in [2.24, 2.45) is 0 Å². The van der Waals surface area contributed by atoms with Crippen LogP contribution in [0.4, 0.5) is 14.5 Å². The predicted octanol–water partition coefficient (Wildman–Crippen LogP) is 4.94. The maximum atomic E-state index is 13.7. The highest BCUT2D eigenvalue weighted by Crippen LogP contribution is 2.25. The molecule has 20 heavy (non-hydrogen) atoms. The molecule has 0 aliphatic rings. The summed E-state index contributed by atoms with van der Waals surface area (Å²) in [6, 6.07) is 6.88. The lowest BCUT2D eigenvalue weighted by atomic mass is 10.1. The molecule has 0 atom stereocenters. The van der Waals surface area contributed by atoms with Gasteiger partial charge in [0, 0.05) is 15.1 Å². The van der Waals surface area contributed by atoms with E-state index in [4.69, 9.17) is 11.6 Å². The Kier molecular flexibility index (Phi) is 4.40. The molecule has 6 heteroatoms. The van der Waals surface area contributed by atoms with Crippen LogP contribution in [0.5, 0.6) is 0 Å². The summed E-state index contributed by atoms with van der Waals surface area (Å²) in [5.41, 5.74) is 0.432. The van der Waals surface area contributed by atoms with E-state index in [2.05, 4.69) is 21.2 Å². The summed E-state index contributed by atoms with van der Waals surface area (Å²) in [5, 5.41) is 2.59. The number of rotatable bonds is 2. The molecular weight excluding hydrogens is 352 g/mol. The van der Waals surface area contributed by atoms with Gasteiger partial charge in [0.25, 0.3) is 5.91 Å². The number of carbonyl (C=O) groups is 1. The van der Waals surface area contributed by atoms with E-state index >= 15 is 0 Å². The molecule has 0 spiro atoms. The number of carbonyl (C=O) groups excluding carboxylic acids is 1. The number of halogens is 4. The first-order valence-corrected chi connectivity index (χ1v) is 6.77. The molecule has 104 valence electrons. The third-order valence-corrected chi connectivity index (χ3v) is 3.38. The summed E-state index contributed by atoms with van der Waals surface area (Å²) in [5.74, 6) is -2.33. The van der Waals surface area contributed by atoms with Crippen molar-refractivity contribution < 1.29 is 13.6 Å². The zero-order valence-corrected chi connectivity index (χ0v) is 12.6. The molecule has 2 aromatic carbocycles. The maximum Gasteiger partial charge on any atom is 0.256 e. The van der Waals surface area contributed by atoms with Crippen LogP contribution in [0.25, 0.3) is 0 Å². The second-order valence-electron chi connectivity index (χ2n) is 4.16. The number of aryl methyl sites for hydroxylation is 1. The van der Waals surface area contributed by atoms with Crippen LogP contribution in [-0.2, 0) is 0 Å². The minimum absolute atomic E-state index is 0.254. The topological polar surface area (TPSA) is 29.1 Å². The SMILES string of the molecule is Cc1ccc(Cl)cc1C(=O)Nc1c(F)cc(Br)cc1F. The monoisotopic (exact) mass is 359 g/mol. The molecule has 2 aromatic rings. The third kappa shape index (κ3) is 3.16. The average molecular weight is 361 g/mol. The zero-order valence-electron chi connectivity index (χ0n) is 10.3. The largest absolute Gasteiger partial charge is 0.317 e. The molecule has 1 amide bonds. The number of hydrogen-bond acceptors (Lipinski definition) is 1. The summed E-state index contributed by atoms with van der Waals surface area (Å²) < 4.78 is 27.6. The van der Waals surface area contributed by atoms with Crippen LogP contribution in [0.2, 0.25) is 5.02 Å². The second-order valence-corrected chi connectivity index (χ2v) is 5.51. The van der Waals surface area contributed by atoms with Crippen molar-refractivity contribution in [1.82, 2.24) is 0 Å². The minimum atomic E-state index is -0.857. The molecule has 1 N–H and O–H groups in total. The maximum absolute atomic E-state index is 13.7. The number of benzene rings is 2. The molecule has 2 nitrogen and oxygen atoms in total. The fraction of sp³-hybridized carbons (Fsp3) is 0.0714. The fourth-order valence-corrected chi connectivity index (χ4v) is 2.26. The fourth-order valence-electron chi connectivity index (χ4n) is 1.68. The van der Waals surface area contributed by atoms with E-state index in [0.29, 0.717) is 10.6 Å². The second kappa shape index (κ2) is 5.89. The Morgan fingerprint density at radius 1 is 1.20 bits per heavy atom. The number of amides is 1. The number of anilines is 1. The van der Waals surface area contributed by atoms with Crippen molar-refractivity contribution in [3.63, 3.8) is 0 Å². The third-order valence-electron chi connectivity index (χ3n) is 2.69. The van der Waals surface area contributed by atoms with Gasteiger partial charge in [-0.1, -0.05) is 33.6 Å². The molecule has 0 aliphatic carbocycles. The highest BCUT2D eigenvalue weighted by molar-refractivity contribution is 9.10. The molecule has 0 saturated heterocycles. The Morgan fingerprint density at radius 3 is 2.40 bits per heavy atom. The van der Waals surface area contributed by atoms with E-state index in [1.807, 2.05) is 0 Å². The molecule has 0 aliphatic heterocycles. The zero-order chi connectivity index (χ0) is 14.9. The van der Waals surface area contributed by atoms with Crippen LogP contribution in [0.15, 0.2) is 34.8 Å². The summed E-state index contributed by atoms with van der Waals surface area (Å²) in [7, 11) is 0. The Labute approximate surface area is 127 Å². The first kappa shape index (κ1) is 14.9. The van der Waals surface area contributed by atoms with Crippen molar-refractivity contribution in [3.8, 4) is 0 Å². The van der Waals surface area contributed by atoms with Crippen molar-refractivity contribution in [2.75, 3.05) is 5.32 Å². The molecule has 0 radical (unpaired) electrons. The summed E-state index contributed by atoms with van der Waals surface area (Å²) in [6.45, 7) is 1.71. The van der Waals surface area contributed by atoms with Crippen LogP contribution in [0.1, 0.15) is 15.9 Å². The Morgan fingerprint density at radius 2 is 1.80 bits per heavy atom. The molecule has 0 unspecified atom stereocenters. The molecule has 0 aromatic heterocycles. The lowest BCUT2D eigenvalue weighted by Gasteiger charge is -2.10. The number of nitrogens with one attached hydrogen (secondary N) is 1. The average Bonchev–Trinajstić information content (AvgIpc) is 2.36. The van der Waals surface area contributed by atoms with Gasteiger partial charge in [-0.05, 0) is 36.8 Å². The van der Waals surface area contributed by atoms with Gasteiger partial charge >= 0.3 is 0 Å². The molecule has 0 saturated carbocycles. The van der Waals surface area contributed by atoms with Gasteiger partial charge in [0.1, 0.15) is 5.69 Å². The van der Waals surface area contributed by atoms with Gasteiger partial charge in [0.2, 0.25) is 0 Å². The highest BCUT2D eigenvalue weighted by Gasteiger charge is 2.16. The van der Waals surface area contributed by atoms with Crippen LogP contribution < -0.4 is 5.32 Å². The van der Waals surface area contributed by atoms with Gasteiger partial charge in [0.05, 0.1) is 0 Å². The molecule has 0 bridgehead atoms. The highest BCUT2D eigenvalue weighted by atomic mass is 79.9. The summed E-state index contributed by atoms with van der Waals surface area (Å²) in [4.78, 5) is 12.1. The van der Waals surface area contributed by atoms with Crippen molar-refractivity contribution in [3.05, 3.63) is 62.6 Å². The Hall–Kier alpha value is -1.46. The van der Waals surface area contributed by atoms with Crippen LogP contribution >= 0.6 is 27.5 Å². The van der Waals surface area contributed by atoms with Crippen LogP contribution in [0.3, 0.4) is 0 Å². The first-order chi connectivity index (χ1) is 9.38. The summed E-state index contributed by atoms with van der Waals surface area (Å²) in [6.07, 6.45) is 0. The Bertz CT molecular complexity index is 668. The van der Waals surface area contributed by atoms with E-state index in [1.165, 1.54) is 6.07 Å². The minimum Gasteiger partial charge on any atom is -0.317 e. The van der Waals surface area contributed by atoms with Crippen LogP contribution in [-0.4, -0.2) is 5.91 Å². The van der Waals surface area contributed by atoms with Gasteiger partial charge in [-0.2, -0.15) is 0 Å². The van der Waals surface area contributed by atoms with E-state index < -0.39 is 23.2 Å². The Balaban J connectivity index is 2.35. The first-order valence-electron chi connectivity index (χ1n) is 5.60. The van der Waals surface area contributed by atoms with E-state index in [1.54, 1.807) is 19.1 Å². The number of hydrogen-bond donors (Lipinski definition) is 1. The van der Waals surface area contributed by atoms with Gasteiger partial charge in [0.15, 0.2) is 11.6 Å². The molecular formula is C14H9BrClF2NO. The van der Waals surface area contributed by atoms with E-state index in [9.17, 15) is 13.6 Å². The predicted molar refractivity (Wildman–Crippen MR) is 78.2 cm³/mol. The smallest absolute Gasteiger partial charge is 0.256 e. The van der Waals surface area contributed by atoms with Crippen molar-refractivity contribution in [2.45, 2.75) is 6.92 Å². The van der Waals surface area contributed by atoms with Crippen molar-refractivity contribution >= 4 is 39.1 Å². The van der Waals surface area contributed by atoms with Gasteiger partial charge in [-0.15, -0.1) is 0 Å².